The highest BCUT2D eigenvalue weighted by molar-refractivity contribution is 7.98. The largest absolute Gasteiger partial charge is 0.495 e. The van der Waals surface area contributed by atoms with Crippen LogP contribution in [0, 0.1) is 0 Å². The number of halogens is 1. The van der Waals surface area contributed by atoms with Crippen molar-refractivity contribution in [3.8, 4) is 5.75 Å². The van der Waals surface area contributed by atoms with Gasteiger partial charge in [0, 0.05) is 6.61 Å². The average molecular weight is 406 g/mol. The van der Waals surface area contributed by atoms with Crippen LogP contribution < -0.4 is 10.1 Å². The van der Waals surface area contributed by atoms with Crippen molar-refractivity contribution in [2.45, 2.75) is 30.6 Å². The molecule has 1 unspecified atom stereocenters. The maximum absolute atomic E-state index is 6.43. The van der Waals surface area contributed by atoms with Crippen LogP contribution in [0.2, 0.25) is 5.02 Å². The van der Waals surface area contributed by atoms with Crippen molar-refractivity contribution in [3.05, 3.63) is 29.5 Å². The monoisotopic (exact) mass is 405 g/mol. The fourth-order valence-electron chi connectivity index (χ4n) is 3.12. The minimum atomic E-state index is -0.0402. The van der Waals surface area contributed by atoms with Crippen LogP contribution in [0.5, 0.6) is 5.75 Å². The van der Waals surface area contributed by atoms with Gasteiger partial charge in [0.05, 0.1) is 19.1 Å². The molecular weight excluding hydrogens is 386 g/mol. The third-order valence-electron chi connectivity index (χ3n) is 4.49. The number of benzene rings is 1. The van der Waals surface area contributed by atoms with Crippen LogP contribution in [0.3, 0.4) is 0 Å². The molecule has 0 bridgehead atoms. The Kier molecular flexibility index (Phi) is 5.38. The zero-order valence-electron chi connectivity index (χ0n) is 15.1. The van der Waals surface area contributed by atoms with Gasteiger partial charge in [-0.1, -0.05) is 29.4 Å². The molecule has 3 aromatic rings. The Hall–Kier alpha value is -2.03. The molecule has 1 fully saturated rings. The molecule has 4 rings (SSSR count). The van der Waals surface area contributed by atoms with Gasteiger partial charge in [-0.15, -0.1) is 0 Å². The molecule has 3 heterocycles. The van der Waals surface area contributed by atoms with E-state index < -0.39 is 0 Å². The Balaban J connectivity index is 1.77. The van der Waals surface area contributed by atoms with Crippen molar-refractivity contribution in [3.63, 3.8) is 0 Å². The van der Waals surface area contributed by atoms with Crippen molar-refractivity contribution in [2.24, 2.45) is 0 Å². The van der Waals surface area contributed by atoms with E-state index in [9.17, 15) is 0 Å². The summed E-state index contributed by atoms with van der Waals surface area (Å²) in [6, 6.07) is 5.56. The van der Waals surface area contributed by atoms with Crippen molar-refractivity contribution < 1.29 is 9.47 Å². The van der Waals surface area contributed by atoms with Crippen LogP contribution in [0.25, 0.3) is 11.2 Å². The Labute approximate surface area is 166 Å². The number of nitrogens with one attached hydrogen (secondary N) is 1. The van der Waals surface area contributed by atoms with Crippen molar-refractivity contribution >= 4 is 46.0 Å². The third kappa shape index (κ3) is 3.56. The summed E-state index contributed by atoms with van der Waals surface area (Å²) in [6.45, 7) is 0.759. The molecule has 0 amide bonds. The summed E-state index contributed by atoms with van der Waals surface area (Å²) >= 11 is 7.91. The highest BCUT2D eigenvalue weighted by Crippen LogP contribution is 2.35. The van der Waals surface area contributed by atoms with Gasteiger partial charge >= 0.3 is 0 Å². The first-order valence-corrected chi connectivity index (χ1v) is 10.3. The predicted octanol–water partition coefficient (Wildman–Crippen LogP) is 4.65. The second kappa shape index (κ2) is 7.92. The lowest BCUT2D eigenvalue weighted by molar-refractivity contribution is -0.0298. The lowest BCUT2D eigenvalue weighted by Gasteiger charge is -2.23. The van der Waals surface area contributed by atoms with Crippen LogP contribution in [0.4, 0.5) is 11.5 Å². The number of rotatable bonds is 5. The summed E-state index contributed by atoms with van der Waals surface area (Å²) in [6.07, 6.45) is 6.86. The van der Waals surface area contributed by atoms with Gasteiger partial charge in [0.15, 0.2) is 22.1 Å². The van der Waals surface area contributed by atoms with Gasteiger partial charge in [-0.05, 0) is 37.7 Å². The molecule has 0 spiro atoms. The number of hydrogen-bond acceptors (Lipinski definition) is 7. The summed E-state index contributed by atoms with van der Waals surface area (Å²) in [5.74, 6) is 1.20. The molecule has 1 N–H and O–H groups in total. The molecule has 142 valence electrons. The van der Waals surface area contributed by atoms with Crippen LogP contribution in [0.1, 0.15) is 25.5 Å². The van der Waals surface area contributed by atoms with Crippen molar-refractivity contribution in [1.29, 1.82) is 0 Å². The van der Waals surface area contributed by atoms with E-state index in [0.29, 0.717) is 33.0 Å². The van der Waals surface area contributed by atoms with E-state index in [1.54, 1.807) is 13.4 Å². The van der Waals surface area contributed by atoms with Gasteiger partial charge in [-0.25, -0.2) is 15.0 Å². The summed E-state index contributed by atoms with van der Waals surface area (Å²) in [5.41, 5.74) is 2.13. The molecule has 27 heavy (non-hydrogen) atoms. The number of imidazole rings is 1. The molecule has 2 aromatic heterocycles. The van der Waals surface area contributed by atoms with E-state index >= 15 is 0 Å². The number of methoxy groups -OCH3 is 1. The van der Waals surface area contributed by atoms with E-state index in [1.807, 2.05) is 29.0 Å². The molecule has 9 heteroatoms. The minimum Gasteiger partial charge on any atom is -0.495 e. The molecule has 7 nitrogen and oxygen atoms in total. The number of fused-ring (bicyclic) bond motifs is 1. The SMILES string of the molecule is COc1cccc(Nc2nc(SC)nc3c2ncn3C2CCCCO2)c1Cl. The minimum absolute atomic E-state index is 0.0402. The first-order chi connectivity index (χ1) is 13.2. The summed E-state index contributed by atoms with van der Waals surface area (Å²) in [5, 5.41) is 4.44. The quantitative estimate of drug-likeness (QED) is 0.489. The van der Waals surface area contributed by atoms with Crippen LogP contribution >= 0.6 is 23.4 Å². The smallest absolute Gasteiger partial charge is 0.191 e. The van der Waals surface area contributed by atoms with Crippen molar-refractivity contribution in [2.75, 3.05) is 25.3 Å². The number of aromatic nitrogens is 4. The first-order valence-electron chi connectivity index (χ1n) is 8.71. The Morgan fingerprint density at radius 2 is 2.22 bits per heavy atom. The third-order valence-corrected chi connectivity index (χ3v) is 5.42. The van der Waals surface area contributed by atoms with Crippen LogP contribution in [-0.4, -0.2) is 39.5 Å². The van der Waals surface area contributed by atoms with Crippen LogP contribution in [0.15, 0.2) is 29.7 Å². The first kappa shape index (κ1) is 18.3. The van der Waals surface area contributed by atoms with Gasteiger partial charge in [-0.2, -0.15) is 0 Å². The van der Waals surface area contributed by atoms with Crippen LogP contribution in [-0.2, 0) is 4.74 Å². The van der Waals surface area contributed by atoms with Gasteiger partial charge in [0.1, 0.15) is 17.0 Å². The van der Waals surface area contributed by atoms with Gasteiger partial charge in [-0.3, -0.25) is 4.57 Å². The summed E-state index contributed by atoms with van der Waals surface area (Å²) < 4.78 is 13.2. The predicted molar refractivity (Wildman–Crippen MR) is 107 cm³/mol. The Morgan fingerprint density at radius 3 is 2.96 bits per heavy atom. The maximum atomic E-state index is 6.43. The summed E-state index contributed by atoms with van der Waals surface area (Å²) in [4.78, 5) is 13.8. The van der Waals surface area contributed by atoms with E-state index in [4.69, 9.17) is 21.1 Å². The van der Waals surface area contributed by atoms with E-state index in [-0.39, 0.29) is 6.23 Å². The topological polar surface area (TPSA) is 74.1 Å². The number of hydrogen-bond donors (Lipinski definition) is 1. The fraction of sp³-hybridized carbons (Fsp3) is 0.389. The van der Waals surface area contributed by atoms with Gasteiger partial charge in [0.2, 0.25) is 0 Å². The lowest BCUT2D eigenvalue weighted by atomic mass is 10.2. The molecular formula is C18H20ClN5O2S. The second-order valence-corrected chi connectivity index (χ2v) is 7.30. The van der Waals surface area contributed by atoms with E-state index in [2.05, 4.69) is 20.3 Å². The number of nitrogens with zero attached hydrogens (tertiary/aromatic N) is 4. The number of anilines is 2. The number of thioether (sulfide) groups is 1. The Bertz CT molecular complexity index is 958. The Morgan fingerprint density at radius 1 is 1.33 bits per heavy atom. The highest BCUT2D eigenvalue weighted by atomic mass is 35.5. The van der Waals surface area contributed by atoms with E-state index in [1.165, 1.54) is 11.8 Å². The molecule has 1 aromatic carbocycles. The fourth-order valence-corrected chi connectivity index (χ4v) is 3.73. The van der Waals surface area contributed by atoms with Crippen molar-refractivity contribution in [1.82, 2.24) is 19.5 Å². The zero-order chi connectivity index (χ0) is 18.8. The standard InChI is InChI=1S/C18H20ClN5O2S/c1-25-12-7-5-6-11(14(12)19)21-16-15-17(23-18(22-16)27-2)24(10-20-15)13-8-3-4-9-26-13/h5-7,10,13H,3-4,8-9H2,1-2H3,(H,21,22,23). The molecule has 1 saturated heterocycles. The van der Waals surface area contributed by atoms with Gasteiger partial charge in [0.25, 0.3) is 0 Å². The average Bonchev–Trinajstić information content (AvgIpc) is 3.14. The molecule has 1 atom stereocenters. The summed E-state index contributed by atoms with van der Waals surface area (Å²) in [7, 11) is 1.59. The normalized spacial score (nSPS) is 17.2. The molecule has 0 saturated carbocycles. The second-order valence-electron chi connectivity index (χ2n) is 6.15. The lowest BCUT2D eigenvalue weighted by Crippen LogP contribution is -2.17. The number of ether oxygens (including phenoxy) is 2. The molecule has 0 aliphatic carbocycles. The van der Waals surface area contributed by atoms with E-state index in [0.717, 1.165) is 31.5 Å². The zero-order valence-corrected chi connectivity index (χ0v) is 16.7. The highest BCUT2D eigenvalue weighted by Gasteiger charge is 2.21. The maximum Gasteiger partial charge on any atom is 0.191 e. The molecule has 0 radical (unpaired) electrons. The molecule has 1 aliphatic heterocycles. The molecule has 1 aliphatic rings. The van der Waals surface area contributed by atoms with Gasteiger partial charge < -0.3 is 14.8 Å².